The van der Waals surface area contributed by atoms with Crippen molar-refractivity contribution in [1.29, 1.82) is 0 Å². The number of nitrogens with two attached hydrogens (primary N) is 1. The molecule has 3 aliphatic rings. The number of hydrogen-bond acceptors (Lipinski definition) is 5. The third-order valence-corrected chi connectivity index (χ3v) is 6.33. The second-order valence-electron chi connectivity index (χ2n) is 7.92. The first kappa shape index (κ1) is 19.2. The van der Waals surface area contributed by atoms with Gasteiger partial charge < -0.3 is 15.4 Å². The Hall–Kier alpha value is -2.16. The second-order valence-corrected chi connectivity index (χ2v) is 7.92. The summed E-state index contributed by atoms with van der Waals surface area (Å²) in [6.07, 6.45) is -1.95. The number of alkyl halides is 3. The molecule has 1 aromatic heterocycles. The first-order valence-electron chi connectivity index (χ1n) is 9.45. The van der Waals surface area contributed by atoms with Crippen LogP contribution in [0, 0.1) is 11.3 Å². The highest BCUT2D eigenvalue weighted by molar-refractivity contribution is 5.94. The van der Waals surface area contributed by atoms with Crippen molar-refractivity contribution in [3.63, 3.8) is 0 Å². The summed E-state index contributed by atoms with van der Waals surface area (Å²) >= 11 is 0. The molecule has 1 amide bonds. The average molecular weight is 397 g/mol. The van der Waals surface area contributed by atoms with Crippen LogP contribution in [-0.4, -0.2) is 40.5 Å². The van der Waals surface area contributed by atoms with Gasteiger partial charge in [-0.1, -0.05) is 0 Å². The molecular weight excluding hydrogens is 375 g/mol. The fraction of sp³-hybridized carbons (Fsp3) is 0.632. The van der Waals surface area contributed by atoms with Crippen LogP contribution in [0.2, 0.25) is 0 Å². The van der Waals surface area contributed by atoms with Crippen LogP contribution in [0.15, 0.2) is 12.3 Å². The molecule has 152 valence electrons. The number of hydrogen-bond donors (Lipinski definition) is 1. The topological polar surface area (TPSA) is 85.5 Å². The van der Waals surface area contributed by atoms with Crippen LogP contribution in [0.1, 0.15) is 43.0 Å². The van der Waals surface area contributed by atoms with Crippen LogP contribution >= 0.6 is 0 Å². The van der Waals surface area contributed by atoms with E-state index in [2.05, 4.69) is 4.98 Å². The van der Waals surface area contributed by atoms with Gasteiger partial charge in [-0.05, 0) is 37.8 Å². The van der Waals surface area contributed by atoms with Gasteiger partial charge in [-0.2, -0.15) is 13.2 Å². The lowest BCUT2D eigenvalue weighted by atomic mass is 9.72. The van der Waals surface area contributed by atoms with E-state index in [1.165, 1.54) is 0 Å². The Balaban J connectivity index is 1.73. The number of halogens is 3. The maximum Gasteiger partial charge on any atom is 0.417 e. The van der Waals surface area contributed by atoms with Crippen LogP contribution in [-0.2, 0) is 33.5 Å². The fourth-order valence-corrected chi connectivity index (χ4v) is 5.14. The number of aromatic nitrogens is 1. The predicted molar refractivity (Wildman–Crippen MR) is 91.7 cm³/mol. The maximum atomic E-state index is 13.3. The van der Waals surface area contributed by atoms with Crippen LogP contribution in [0.4, 0.5) is 13.2 Å². The van der Waals surface area contributed by atoms with Gasteiger partial charge in [0.1, 0.15) is 0 Å². The van der Waals surface area contributed by atoms with E-state index in [-0.39, 0.29) is 31.5 Å². The summed E-state index contributed by atoms with van der Waals surface area (Å²) in [5, 5.41) is 0. The van der Waals surface area contributed by atoms with Crippen LogP contribution in [0.3, 0.4) is 0 Å². The van der Waals surface area contributed by atoms with Crippen molar-refractivity contribution in [1.82, 2.24) is 9.88 Å². The Labute approximate surface area is 160 Å². The lowest BCUT2D eigenvalue weighted by Gasteiger charge is -2.33. The monoisotopic (exact) mass is 397 g/mol. The highest BCUT2D eigenvalue weighted by Gasteiger charge is 2.64. The fourth-order valence-electron chi connectivity index (χ4n) is 5.14. The first-order chi connectivity index (χ1) is 13.2. The van der Waals surface area contributed by atoms with Crippen molar-refractivity contribution in [2.24, 2.45) is 17.1 Å². The minimum Gasteiger partial charge on any atom is -0.466 e. The van der Waals surface area contributed by atoms with Crippen LogP contribution < -0.4 is 5.73 Å². The minimum absolute atomic E-state index is 0.0165. The zero-order valence-electron chi connectivity index (χ0n) is 15.5. The number of rotatable bonds is 2. The predicted octanol–water partition coefficient (Wildman–Crippen LogP) is 2.04. The second kappa shape index (κ2) is 6.43. The summed E-state index contributed by atoms with van der Waals surface area (Å²) in [5.74, 6) is -1.31. The van der Waals surface area contributed by atoms with Gasteiger partial charge >= 0.3 is 12.1 Å². The highest BCUT2D eigenvalue weighted by Crippen LogP contribution is 2.54. The van der Waals surface area contributed by atoms with E-state index in [0.717, 1.165) is 12.3 Å². The molecule has 2 N–H and O–H groups in total. The number of fused-ring (bicyclic) bond motifs is 2. The molecule has 1 aliphatic carbocycles. The van der Waals surface area contributed by atoms with Crippen molar-refractivity contribution in [3.8, 4) is 0 Å². The Kier molecular flexibility index (Phi) is 4.41. The van der Waals surface area contributed by atoms with Crippen molar-refractivity contribution in [2.45, 2.75) is 57.4 Å². The zero-order chi connectivity index (χ0) is 20.3. The molecule has 4 atom stereocenters. The van der Waals surface area contributed by atoms with Gasteiger partial charge in [-0.3, -0.25) is 14.6 Å². The van der Waals surface area contributed by atoms with Gasteiger partial charge in [-0.25, -0.2) is 0 Å². The number of ether oxygens (including phenoxy) is 1. The van der Waals surface area contributed by atoms with Gasteiger partial charge in [0.15, 0.2) is 0 Å². The lowest BCUT2D eigenvalue weighted by molar-refractivity contribution is -0.154. The Morgan fingerprint density at radius 1 is 1.46 bits per heavy atom. The van der Waals surface area contributed by atoms with Crippen molar-refractivity contribution >= 4 is 11.9 Å². The molecule has 1 saturated carbocycles. The summed E-state index contributed by atoms with van der Waals surface area (Å²) in [6, 6.07) is 0.407. The van der Waals surface area contributed by atoms with E-state index >= 15 is 0 Å². The summed E-state index contributed by atoms with van der Waals surface area (Å²) in [7, 11) is 0. The molecular formula is C19H22F3N3O3. The van der Waals surface area contributed by atoms with Crippen molar-refractivity contribution < 1.29 is 27.5 Å². The van der Waals surface area contributed by atoms with E-state index in [4.69, 9.17) is 10.5 Å². The minimum atomic E-state index is -4.50. The molecule has 0 radical (unpaired) electrons. The molecule has 1 spiro atoms. The summed E-state index contributed by atoms with van der Waals surface area (Å²) in [6.45, 7) is 1.92. The summed E-state index contributed by atoms with van der Waals surface area (Å²) < 4.78 is 44.4. The van der Waals surface area contributed by atoms with Gasteiger partial charge in [0.25, 0.3) is 0 Å². The van der Waals surface area contributed by atoms with Gasteiger partial charge in [0, 0.05) is 30.9 Å². The normalized spacial score (nSPS) is 31.8. The number of pyridine rings is 1. The van der Waals surface area contributed by atoms with Gasteiger partial charge in [0.2, 0.25) is 5.91 Å². The largest absolute Gasteiger partial charge is 0.466 e. The molecule has 3 heterocycles. The molecule has 1 saturated heterocycles. The van der Waals surface area contributed by atoms with Crippen molar-refractivity contribution in [3.05, 3.63) is 29.1 Å². The number of amides is 1. The highest BCUT2D eigenvalue weighted by atomic mass is 19.4. The molecule has 9 heteroatoms. The molecule has 0 aromatic carbocycles. The van der Waals surface area contributed by atoms with E-state index in [9.17, 15) is 22.8 Å². The van der Waals surface area contributed by atoms with E-state index in [0.29, 0.717) is 30.5 Å². The molecule has 4 rings (SSSR count). The average Bonchev–Trinajstić information content (AvgIpc) is 3.11. The van der Waals surface area contributed by atoms with Crippen LogP contribution in [0.25, 0.3) is 0 Å². The standard InChI is InChI=1S/C19H22F3N3O3/c1-2-28-16(26)15-14-6-13-10(5-11(8-24-13)19(20,21)22)9-25(14)17(27)18(15)4-3-12(23)7-18/h5,8,12,14-15H,2-4,6-7,9,23H2,1H3/t12-,14?,15?,18+/m1/s1. The zero-order valence-corrected chi connectivity index (χ0v) is 15.5. The van der Waals surface area contributed by atoms with Gasteiger partial charge in [0.05, 0.1) is 29.5 Å². The first-order valence-corrected chi connectivity index (χ1v) is 9.45. The smallest absolute Gasteiger partial charge is 0.417 e. The van der Waals surface area contributed by atoms with Crippen molar-refractivity contribution in [2.75, 3.05) is 6.61 Å². The third kappa shape index (κ3) is 2.78. The molecule has 2 fully saturated rings. The Morgan fingerprint density at radius 2 is 2.21 bits per heavy atom. The van der Waals surface area contributed by atoms with E-state index < -0.39 is 35.1 Å². The van der Waals surface area contributed by atoms with Crippen LogP contribution in [0.5, 0.6) is 0 Å². The number of esters is 1. The molecule has 0 bridgehead atoms. The SMILES string of the molecule is CCOC(=O)C1C2Cc3ncc(C(F)(F)F)cc3CN2C(=O)[C@]12CC[C@@H](N)C2. The lowest BCUT2D eigenvalue weighted by Crippen LogP contribution is -2.43. The molecule has 6 nitrogen and oxygen atoms in total. The molecule has 2 unspecified atom stereocenters. The summed E-state index contributed by atoms with van der Waals surface area (Å²) in [5.41, 5.74) is 5.18. The Morgan fingerprint density at radius 3 is 2.82 bits per heavy atom. The third-order valence-electron chi connectivity index (χ3n) is 6.33. The Bertz CT molecular complexity index is 828. The number of carbonyl (C=O) groups is 2. The summed E-state index contributed by atoms with van der Waals surface area (Å²) in [4.78, 5) is 31.7. The van der Waals surface area contributed by atoms with Gasteiger partial charge in [-0.15, -0.1) is 0 Å². The number of nitrogens with zero attached hydrogens (tertiary/aromatic N) is 2. The molecule has 28 heavy (non-hydrogen) atoms. The molecule has 2 aliphatic heterocycles. The number of carbonyl (C=O) groups excluding carboxylic acids is 2. The maximum absolute atomic E-state index is 13.3. The quantitative estimate of drug-likeness (QED) is 0.772. The van der Waals surface area contributed by atoms with E-state index in [1.807, 2.05) is 0 Å². The van der Waals surface area contributed by atoms with E-state index in [1.54, 1.807) is 11.8 Å². The molecule has 1 aromatic rings.